The highest BCUT2D eigenvalue weighted by atomic mass is 16.3. The zero-order valence-electron chi connectivity index (χ0n) is 8.04. The first-order valence-corrected chi connectivity index (χ1v) is 4.77. The number of hydrogen-bond donors (Lipinski definition) is 2. The Morgan fingerprint density at radius 3 is 2.92 bits per heavy atom. The monoisotopic (exact) mass is 177 g/mol. The molecule has 1 heterocycles. The second-order valence-corrected chi connectivity index (χ2v) is 3.92. The molecule has 2 atom stereocenters. The van der Waals surface area contributed by atoms with Crippen molar-refractivity contribution in [3.63, 3.8) is 0 Å². The first-order valence-electron chi connectivity index (χ1n) is 4.77. The summed E-state index contributed by atoms with van der Waals surface area (Å²) in [4.78, 5) is 0. The second kappa shape index (κ2) is 2.95. The van der Waals surface area contributed by atoms with E-state index < -0.39 is 0 Å². The van der Waals surface area contributed by atoms with Gasteiger partial charge in [0.25, 0.3) is 0 Å². The number of aromatic hydroxyl groups is 1. The van der Waals surface area contributed by atoms with Crippen LogP contribution in [-0.2, 0) is 0 Å². The number of hydrogen-bond acceptors (Lipinski definition) is 2. The van der Waals surface area contributed by atoms with Crippen molar-refractivity contribution in [3.05, 3.63) is 23.8 Å². The van der Waals surface area contributed by atoms with Crippen molar-refractivity contribution in [2.45, 2.75) is 32.2 Å². The van der Waals surface area contributed by atoms with Crippen LogP contribution in [0.5, 0.6) is 5.75 Å². The van der Waals surface area contributed by atoms with Crippen molar-refractivity contribution in [1.82, 2.24) is 0 Å². The molecule has 0 spiro atoms. The lowest BCUT2D eigenvalue weighted by Crippen LogP contribution is -2.24. The maximum absolute atomic E-state index is 9.63. The van der Waals surface area contributed by atoms with Crippen LogP contribution in [0.4, 0.5) is 5.69 Å². The maximum Gasteiger partial charge on any atom is 0.138 e. The molecule has 2 rings (SSSR count). The average Bonchev–Trinajstić information content (AvgIpc) is 2.07. The van der Waals surface area contributed by atoms with Crippen molar-refractivity contribution in [2.24, 2.45) is 0 Å². The quantitative estimate of drug-likeness (QED) is 0.597. The number of anilines is 1. The molecule has 0 unspecified atom stereocenters. The third-order valence-corrected chi connectivity index (χ3v) is 2.70. The van der Waals surface area contributed by atoms with Crippen LogP contribution >= 0.6 is 0 Å². The first-order chi connectivity index (χ1) is 6.18. The third kappa shape index (κ3) is 1.37. The number of nitrogens with one attached hydrogen (secondary N) is 1. The minimum atomic E-state index is 0.371. The van der Waals surface area contributed by atoms with Crippen molar-refractivity contribution >= 4 is 5.69 Å². The van der Waals surface area contributed by atoms with Gasteiger partial charge in [0.2, 0.25) is 0 Å². The molecule has 2 N–H and O–H groups in total. The SMILES string of the molecule is C[C@@H]1C[C@H](C)Nc2c(O)cccc21. The van der Waals surface area contributed by atoms with Crippen LogP contribution in [0.1, 0.15) is 31.7 Å². The lowest BCUT2D eigenvalue weighted by atomic mass is 9.89. The number of phenols is 1. The number of para-hydroxylation sites is 1. The Morgan fingerprint density at radius 1 is 1.38 bits per heavy atom. The standard InChI is InChI=1S/C11H15NO/c1-7-6-8(2)12-11-9(7)4-3-5-10(11)13/h3-5,7-8,12-13H,6H2,1-2H3/t7-,8+/m1/s1. The average molecular weight is 177 g/mol. The molecule has 1 aromatic carbocycles. The molecule has 70 valence electrons. The fraction of sp³-hybridized carbons (Fsp3) is 0.455. The lowest BCUT2D eigenvalue weighted by Gasteiger charge is -2.29. The van der Waals surface area contributed by atoms with Crippen LogP contribution in [0.25, 0.3) is 0 Å². The fourth-order valence-corrected chi connectivity index (χ4v) is 2.09. The van der Waals surface area contributed by atoms with Crippen LogP contribution in [0.2, 0.25) is 0 Å². The van der Waals surface area contributed by atoms with Crippen molar-refractivity contribution in [3.8, 4) is 5.75 Å². The highest BCUT2D eigenvalue weighted by Gasteiger charge is 2.22. The molecule has 1 aliphatic rings. The van der Waals surface area contributed by atoms with Gasteiger partial charge in [0.15, 0.2) is 0 Å². The van der Waals surface area contributed by atoms with Crippen LogP contribution in [-0.4, -0.2) is 11.1 Å². The Labute approximate surface area is 78.6 Å². The highest BCUT2D eigenvalue weighted by molar-refractivity contribution is 5.64. The van der Waals surface area contributed by atoms with E-state index in [4.69, 9.17) is 0 Å². The van der Waals surface area contributed by atoms with Crippen LogP contribution < -0.4 is 5.32 Å². The van der Waals surface area contributed by atoms with Crippen LogP contribution in [0.3, 0.4) is 0 Å². The second-order valence-electron chi connectivity index (χ2n) is 3.92. The van der Waals surface area contributed by atoms with Gasteiger partial charge in [0.05, 0.1) is 5.69 Å². The van der Waals surface area contributed by atoms with Gasteiger partial charge in [-0.05, 0) is 30.9 Å². The summed E-state index contributed by atoms with van der Waals surface area (Å²) in [5, 5.41) is 12.9. The predicted octanol–water partition coefficient (Wildman–Crippen LogP) is 2.70. The Kier molecular flexibility index (Phi) is 1.91. The molecule has 0 bridgehead atoms. The van der Waals surface area contributed by atoms with E-state index in [1.807, 2.05) is 6.07 Å². The van der Waals surface area contributed by atoms with Crippen molar-refractivity contribution < 1.29 is 5.11 Å². The molecule has 0 aliphatic carbocycles. The number of fused-ring (bicyclic) bond motifs is 1. The molecule has 0 amide bonds. The van der Waals surface area contributed by atoms with Gasteiger partial charge in [0.1, 0.15) is 5.75 Å². The van der Waals surface area contributed by atoms with E-state index in [2.05, 4.69) is 25.2 Å². The predicted molar refractivity (Wildman–Crippen MR) is 54.2 cm³/mol. The summed E-state index contributed by atoms with van der Waals surface area (Å²) >= 11 is 0. The fourth-order valence-electron chi connectivity index (χ4n) is 2.09. The molecule has 1 aliphatic heterocycles. The largest absolute Gasteiger partial charge is 0.506 e. The van der Waals surface area contributed by atoms with Gasteiger partial charge in [-0.2, -0.15) is 0 Å². The van der Waals surface area contributed by atoms with E-state index >= 15 is 0 Å². The summed E-state index contributed by atoms with van der Waals surface area (Å²) in [6.45, 7) is 4.35. The zero-order valence-corrected chi connectivity index (χ0v) is 8.04. The van der Waals surface area contributed by atoms with E-state index in [9.17, 15) is 5.11 Å². The van der Waals surface area contributed by atoms with Gasteiger partial charge >= 0.3 is 0 Å². The molecule has 13 heavy (non-hydrogen) atoms. The Bertz CT molecular complexity index is 322. The summed E-state index contributed by atoms with van der Waals surface area (Å²) in [5.41, 5.74) is 2.16. The summed E-state index contributed by atoms with van der Waals surface area (Å²) in [6.07, 6.45) is 1.14. The molecule has 0 saturated heterocycles. The van der Waals surface area contributed by atoms with Crippen LogP contribution in [0, 0.1) is 0 Å². The minimum Gasteiger partial charge on any atom is -0.506 e. The molecule has 2 heteroatoms. The van der Waals surface area contributed by atoms with Crippen LogP contribution in [0.15, 0.2) is 18.2 Å². The smallest absolute Gasteiger partial charge is 0.138 e. The highest BCUT2D eigenvalue weighted by Crippen LogP contribution is 2.38. The molecular weight excluding hydrogens is 162 g/mol. The maximum atomic E-state index is 9.63. The first kappa shape index (κ1) is 8.42. The number of benzene rings is 1. The summed E-state index contributed by atoms with van der Waals surface area (Å²) < 4.78 is 0. The van der Waals surface area contributed by atoms with E-state index in [0.717, 1.165) is 12.1 Å². The van der Waals surface area contributed by atoms with Crippen molar-refractivity contribution in [1.29, 1.82) is 0 Å². The molecule has 2 nitrogen and oxygen atoms in total. The number of rotatable bonds is 0. The lowest BCUT2D eigenvalue weighted by molar-refractivity contribution is 0.470. The van der Waals surface area contributed by atoms with E-state index in [1.54, 1.807) is 6.07 Å². The number of phenolic OH excluding ortho intramolecular Hbond substituents is 1. The Morgan fingerprint density at radius 2 is 2.15 bits per heavy atom. The molecule has 0 aromatic heterocycles. The van der Waals surface area contributed by atoms with Gasteiger partial charge in [0, 0.05) is 6.04 Å². The molecule has 0 fully saturated rings. The molecule has 0 saturated carbocycles. The minimum absolute atomic E-state index is 0.371. The van der Waals surface area contributed by atoms with Gasteiger partial charge in [-0.25, -0.2) is 0 Å². The Balaban J connectivity index is 2.49. The van der Waals surface area contributed by atoms with Gasteiger partial charge in [-0.3, -0.25) is 0 Å². The summed E-state index contributed by atoms with van der Waals surface area (Å²) in [7, 11) is 0. The van der Waals surface area contributed by atoms with Gasteiger partial charge in [-0.1, -0.05) is 19.1 Å². The zero-order chi connectivity index (χ0) is 9.42. The van der Waals surface area contributed by atoms with Gasteiger partial charge < -0.3 is 10.4 Å². The molecular formula is C11H15NO. The van der Waals surface area contributed by atoms with E-state index in [1.165, 1.54) is 5.56 Å². The topological polar surface area (TPSA) is 32.3 Å². The summed E-state index contributed by atoms with van der Waals surface area (Å²) in [6, 6.07) is 6.17. The third-order valence-electron chi connectivity index (χ3n) is 2.70. The van der Waals surface area contributed by atoms with E-state index in [-0.39, 0.29) is 0 Å². The molecule has 0 radical (unpaired) electrons. The molecule has 1 aromatic rings. The Hall–Kier alpha value is -1.18. The summed E-state index contributed by atoms with van der Waals surface area (Å²) in [5.74, 6) is 0.911. The van der Waals surface area contributed by atoms with Crippen molar-refractivity contribution in [2.75, 3.05) is 5.32 Å². The normalized spacial score (nSPS) is 26.3. The van der Waals surface area contributed by atoms with E-state index in [0.29, 0.717) is 17.7 Å². The van der Waals surface area contributed by atoms with Gasteiger partial charge in [-0.15, -0.1) is 0 Å².